The van der Waals surface area contributed by atoms with E-state index in [1.807, 2.05) is 6.07 Å². The summed E-state index contributed by atoms with van der Waals surface area (Å²) < 4.78 is 48.5. The number of rotatable bonds is 5. The zero-order chi connectivity index (χ0) is 18.4. The largest absolute Gasteiger partial charge is 0.493 e. The van der Waals surface area contributed by atoms with Crippen molar-refractivity contribution in [2.45, 2.75) is 12.7 Å². The van der Waals surface area contributed by atoms with Gasteiger partial charge in [0.1, 0.15) is 0 Å². The molecule has 2 N–H and O–H groups in total. The summed E-state index contributed by atoms with van der Waals surface area (Å²) in [4.78, 5) is 0. The van der Waals surface area contributed by atoms with Gasteiger partial charge in [0.2, 0.25) is 0 Å². The zero-order valence-electron chi connectivity index (χ0n) is 13.6. The number of anilines is 1. The second kappa shape index (κ2) is 8.06. The van der Waals surface area contributed by atoms with Crippen molar-refractivity contribution in [1.82, 2.24) is 5.32 Å². The number of hydrogen-bond acceptors (Lipinski definition) is 3. The average Bonchev–Trinajstić information content (AvgIpc) is 2.59. The van der Waals surface area contributed by atoms with Crippen LogP contribution in [0.2, 0.25) is 0 Å². The molecule has 0 atom stereocenters. The van der Waals surface area contributed by atoms with Gasteiger partial charge in [0.15, 0.2) is 16.6 Å². The highest BCUT2D eigenvalue weighted by Gasteiger charge is 2.30. The lowest BCUT2D eigenvalue weighted by atomic mass is 10.2. The van der Waals surface area contributed by atoms with Crippen LogP contribution in [0.1, 0.15) is 11.1 Å². The maximum atomic E-state index is 12.7. The van der Waals surface area contributed by atoms with Crippen LogP contribution in [-0.4, -0.2) is 19.3 Å². The van der Waals surface area contributed by atoms with Gasteiger partial charge in [-0.25, -0.2) is 0 Å². The molecule has 0 aliphatic carbocycles. The van der Waals surface area contributed by atoms with Crippen LogP contribution in [0.25, 0.3) is 0 Å². The molecular weight excluding hydrogens is 353 g/mol. The molecule has 2 rings (SSSR count). The first-order valence-corrected chi connectivity index (χ1v) is 7.67. The summed E-state index contributed by atoms with van der Waals surface area (Å²) in [5.74, 6) is 1.19. The Labute approximate surface area is 148 Å². The van der Waals surface area contributed by atoms with Gasteiger partial charge in [0, 0.05) is 12.2 Å². The highest BCUT2D eigenvalue weighted by Crippen LogP contribution is 2.30. The molecule has 0 radical (unpaired) electrons. The quantitative estimate of drug-likeness (QED) is 0.772. The Bertz CT molecular complexity index is 751. The van der Waals surface area contributed by atoms with E-state index >= 15 is 0 Å². The van der Waals surface area contributed by atoms with Crippen molar-refractivity contribution >= 4 is 23.0 Å². The summed E-state index contributed by atoms with van der Waals surface area (Å²) in [6.45, 7) is 0.380. The Morgan fingerprint density at radius 3 is 2.40 bits per heavy atom. The lowest BCUT2D eigenvalue weighted by Gasteiger charge is -2.14. The zero-order valence-corrected chi connectivity index (χ0v) is 14.4. The molecule has 2 aromatic rings. The monoisotopic (exact) mass is 370 g/mol. The van der Waals surface area contributed by atoms with Gasteiger partial charge in [-0.05, 0) is 48.1 Å². The van der Waals surface area contributed by atoms with E-state index in [9.17, 15) is 13.2 Å². The third-order valence-electron chi connectivity index (χ3n) is 3.35. The first-order chi connectivity index (χ1) is 11.8. The molecule has 0 aliphatic rings. The van der Waals surface area contributed by atoms with E-state index in [-0.39, 0.29) is 10.8 Å². The fraction of sp³-hybridized carbons (Fsp3) is 0.235. The Morgan fingerprint density at radius 2 is 1.76 bits per heavy atom. The van der Waals surface area contributed by atoms with Crippen LogP contribution in [0.5, 0.6) is 11.5 Å². The minimum atomic E-state index is -4.40. The van der Waals surface area contributed by atoms with Crippen LogP contribution in [0, 0.1) is 0 Å². The highest BCUT2D eigenvalue weighted by atomic mass is 32.1. The molecule has 0 aromatic heterocycles. The molecule has 0 aliphatic heterocycles. The molecule has 0 bridgehead atoms. The Kier molecular flexibility index (Phi) is 6.08. The van der Waals surface area contributed by atoms with Crippen molar-refractivity contribution < 1.29 is 22.6 Å². The molecule has 4 nitrogen and oxygen atoms in total. The number of hydrogen-bond donors (Lipinski definition) is 2. The molecule has 0 heterocycles. The van der Waals surface area contributed by atoms with Crippen LogP contribution in [0.15, 0.2) is 42.5 Å². The number of thiocarbonyl (C=S) groups is 1. The Balaban J connectivity index is 1.97. The molecule has 0 saturated heterocycles. The van der Waals surface area contributed by atoms with E-state index in [2.05, 4.69) is 10.6 Å². The van der Waals surface area contributed by atoms with Gasteiger partial charge >= 0.3 is 6.18 Å². The lowest BCUT2D eigenvalue weighted by Crippen LogP contribution is -2.28. The SMILES string of the molecule is COc1ccc(CNC(=S)Nc2cccc(C(F)(F)F)c2)cc1OC. The van der Waals surface area contributed by atoms with Gasteiger partial charge in [-0.15, -0.1) is 0 Å². The van der Waals surface area contributed by atoms with E-state index < -0.39 is 11.7 Å². The summed E-state index contributed by atoms with van der Waals surface area (Å²) in [6, 6.07) is 10.2. The summed E-state index contributed by atoms with van der Waals surface area (Å²) in [6.07, 6.45) is -4.40. The minimum absolute atomic E-state index is 0.217. The third kappa shape index (κ3) is 5.25. The number of ether oxygens (including phenoxy) is 2. The van der Waals surface area contributed by atoms with Crippen molar-refractivity contribution in [3.63, 3.8) is 0 Å². The fourth-order valence-electron chi connectivity index (χ4n) is 2.12. The van der Waals surface area contributed by atoms with Crippen LogP contribution < -0.4 is 20.1 Å². The number of methoxy groups -OCH3 is 2. The molecular formula is C17H17F3N2O2S. The van der Waals surface area contributed by atoms with Gasteiger partial charge in [-0.1, -0.05) is 12.1 Å². The van der Waals surface area contributed by atoms with Crippen molar-refractivity contribution in [2.24, 2.45) is 0 Å². The van der Waals surface area contributed by atoms with E-state index in [4.69, 9.17) is 21.7 Å². The molecule has 25 heavy (non-hydrogen) atoms. The second-order valence-corrected chi connectivity index (χ2v) is 5.48. The van der Waals surface area contributed by atoms with Crippen LogP contribution in [0.4, 0.5) is 18.9 Å². The van der Waals surface area contributed by atoms with Crippen molar-refractivity contribution in [1.29, 1.82) is 0 Å². The van der Waals surface area contributed by atoms with Crippen LogP contribution >= 0.6 is 12.2 Å². The van der Waals surface area contributed by atoms with Crippen molar-refractivity contribution in [3.05, 3.63) is 53.6 Å². The predicted octanol–water partition coefficient (Wildman–Crippen LogP) is 4.21. The Hall–Kier alpha value is -2.48. The maximum Gasteiger partial charge on any atom is 0.416 e. The second-order valence-electron chi connectivity index (χ2n) is 5.08. The molecule has 0 unspecified atom stereocenters. The van der Waals surface area contributed by atoms with E-state index in [0.29, 0.717) is 18.0 Å². The van der Waals surface area contributed by atoms with Crippen molar-refractivity contribution in [3.8, 4) is 11.5 Å². The first kappa shape index (κ1) is 18.9. The van der Waals surface area contributed by atoms with Gasteiger partial charge in [-0.3, -0.25) is 0 Å². The molecule has 0 spiro atoms. The van der Waals surface area contributed by atoms with Gasteiger partial charge < -0.3 is 20.1 Å². The lowest BCUT2D eigenvalue weighted by molar-refractivity contribution is -0.137. The van der Waals surface area contributed by atoms with Gasteiger partial charge in [0.05, 0.1) is 19.8 Å². The van der Waals surface area contributed by atoms with Crippen LogP contribution in [0.3, 0.4) is 0 Å². The molecule has 0 fully saturated rings. The van der Waals surface area contributed by atoms with E-state index in [0.717, 1.165) is 17.7 Å². The topological polar surface area (TPSA) is 42.5 Å². The minimum Gasteiger partial charge on any atom is -0.493 e. The normalized spacial score (nSPS) is 10.9. The molecule has 2 aromatic carbocycles. The highest BCUT2D eigenvalue weighted by molar-refractivity contribution is 7.80. The predicted molar refractivity (Wildman–Crippen MR) is 94.1 cm³/mol. The smallest absolute Gasteiger partial charge is 0.416 e. The summed E-state index contributed by atoms with van der Waals surface area (Å²) in [5, 5.41) is 5.89. The van der Waals surface area contributed by atoms with Crippen molar-refractivity contribution in [2.75, 3.05) is 19.5 Å². The maximum absolute atomic E-state index is 12.7. The van der Waals surface area contributed by atoms with E-state index in [1.54, 1.807) is 19.2 Å². The summed E-state index contributed by atoms with van der Waals surface area (Å²) in [5.41, 5.74) is 0.408. The number of halogens is 3. The molecule has 0 amide bonds. The third-order valence-corrected chi connectivity index (χ3v) is 3.60. The van der Waals surface area contributed by atoms with Gasteiger partial charge in [0.25, 0.3) is 0 Å². The van der Waals surface area contributed by atoms with E-state index in [1.165, 1.54) is 19.2 Å². The fourth-order valence-corrected chi connectivity index (χ4v) is 2.31. The number of nitrogens with one attached hydrogen (secondary N) is 2. The van der Waals surface area contributed by atoms with Crippen LogP contribution in [-0.2, 0) is 12.7 Å². The molecule has 8 heteroatoms. The standard InChI is InChI=1S/C17H17F3N2O2S/c1-23-14-7-6-11(8-15(14)24-2)10-21-16(25)22-13-5-3-4-12(9-13)17(18,19)20/h3-9H,10H2,1-2H3,(H2,21,22,25). The average molecular weight is 370 g/mol. The summed E-state index contributed by atoms with van der Waals surface area (Å²) in [7, 11) is 3.08. The molecule has 0 saturated carbocycles. The summed E-state index contributed by atoms with van der Waals surface area (Å²) >= 11 is 5.12. The first-order valence-electron chi connectivity index (χ1n) is 7.26. The number of alkyl halides is 3. The van der Waals surface area contributed by atoms with Gasteiger partial charge in [-0.2, -0.15) is 13.2 Å². The molecule has 134 valence electrons. The number of benzene rings is 2. The Morgan fingerprint density at radius 1 is 1.04 bits per heavy atom.